The number of methoxy groups -OCH3 is 1. The summed E-state index contributed by atoms with van der Waals surface area (Å²) < 4.78 is 5.32. The highest BCUT2D eigenvalue weighted by Gasteiger charge is 2.38. The highest BCUT2D eigenvalue weighted by atomic mass is 35.5. The van der Waals surface area contributed by atoms with Crippen LogP contribution < -0.4 is 10.2 Å². The first-order valence-electron chi connectivity index (χ1n) is 12.4. The van der Waals surface area contributed by atoms with Crippen molar-refractivity contribution in [3.8, 4) is 0 Å². The van der Waals surface area contributed by atoms with Gasteiger partial charge in [0.05, 0.1) is 18.7 Å². The first kappa shape index (κ1) is 26.4. The maximum absolute atomic E-state index is 13.0. The smallest absolute Gasteiger partial charge is 0.255 e. The molecule has 0 aliphatic carbocycles. The predicted molar refractivity (Wildman–Crippen MR) is 138 cm³/mol. The van der Waals surface area contributed by atoms with Gasteiger partial charge < -0.3 is 30.1 Å². The Labute approximate surface area is 216 Å². The average Bonchev–Trinajstić information content (AvgIpc) is 3.56. The molecule has 0 spiro atoms. The van der Waals surface area contributed by atoms with Gasteiger partial charge in [-0.1, -0.05) is 35.9 Å². The number of aliphatic hydroxyl groups is 2. The van der Waals surface area contributed by atoms with Crippen LogP contribution in [0.3, 0.4) is 0 Å². The fourth-order valence-corrected chi connectivity index (χ4v) is 5.38. The molecule has 2 fully saturated rings. The number of ether oxygens (including phenoxy) is 1. The number of amides is 2. The van der Waals surface area contributed by atoms with Crippen LogP contribution in [0, 0.1) is 0 Å². The molecule has 2 amide bonds. The monoisotopic (exact) mass is 515 g/mol. The normalized spacial score (nSPS) is 21.4. The van der Waals surface area contributed by atoms with Crippen LogP contribution in [0.4, 0.5) is 5.69 Å². The zero-order chi connectivity index (χ0) is 25.7. The SMILES string of the molecule is COC[C@@H]1CCCN1c1ccc(CNC(=O)[C@H](O)[C@@H](O)C(=O)N2CCCC2c2cccc(Cl)c2)cc1. The van der Waals surface area contributed by atoms with Crippen molar-refractivity contribution in [2.24, 2.45) is 0 Å². The molecule has 0 saturated carbocycles. The number of nitrogens with one attached hydrogen (secondary N) is 1. The van der Waals surface area contributed by atoms with Crippen LogP contribution in [0.15, 0.2) is 48.5 Å². The Bertz CT molecular complexity index is 1050. The van der Waals surface area contributed by atoms with Gasteiger partial charge in [-0.05, 0) is 61.1 Å². The third-order valence-electron chi connectivity index (χ3n) is 7.06. The van der Waals surface area contributed by atoms with E-state index in [9.17, 15) is 19.8 Å². The van der Waals surface area contributed by atoms with Gasteiger partial charge in [0, 0.05) is 37.5 Å². The van der Waals surface area contributed by atoms with Gasteiger partial charge in [-0.25, -0.2) is 0 Å². The molecule has 2 aromatic carbocycles. The minimum Gasteiger partial charge on any atom is -0.383 e. The largest absolute Gasteiger partial charge is 0.383 e. The summed E-state index contributed by atoms with van der Waals surface area (Å²) in [6.45, 7) is 2.29. The summed E-state index contributed by atoms with van der Waals surface area (Å²) in [5.74, 6) is -1.46. The molecule has 8 nitrogen and oxygen atoms in total. The Balaban J connectivity index is 1.31. The second-order valence-electron chi connectivity index (χ2n) is 9.46. The van der Waals surface area contributed by atoms with Crippen LogP contribution in [-0.2, 0) is 20.9 Å². The van der Waals surface area contributed by atoms with Crippen molar-refractivity contribution in [1.29, 1.82) is 0 Å². The van der Waals surface area contributed by atoms with E-state index >= 15 is 0 Å². The molecule has 0 bridgehead atoms. The van der Waals surface area contributed by atoms with E-state index in [0.29, 0.717) is 24.2 Å². The second kappa shape index (κ2) is 12.1. The molecule has 3 N–H and O–H groups in total. The third-order valence-corrected chi connectivity index (χ3v) is 7.30. The van der Waals surface area contributed by atoms with E-state index in [4.69, 9.17) is 16.3 Å². The molecule has 9 heteroatoms. The van der Waals surface area contributed by atoms with E-state index in [2.05, 4.69) is 10.2 Å². The first-order chi connectivity index (χ1) is 17.4. The van der Waals surface area contributed by atoms with Crippen LogP contribution in [-0.4, -0.2) is 72.0 Å². The van der Waals surface area contributed by atoms with E-state index in [1.807, 2.05) is 36.4 Å². The van der Waals surface area contributed by atoms with Crippen molar-refractivity contribution in [1.82, 2.24) is 10.2 Å². The number of anilines is 1. The number of carbonyl (C=O) groups is 2. The number of hydrogen-bond acceptors (Lipinski definition) is 6. The standard InChI is InChI=1S/C27H34ClN3O5/c1-36-17-22-7-3-13-30(22)21-11-9-18(10-12-21)16-29-26(34)24(32)25(33)27(35)31-14-4-8-23(31)19-5-2-6-20(28)15-19/h2,5-6,9-12,15,22-25,32-33H,3-4,7-8,13-14,16-17H2,1H3,(H,29,34)/t22-,23?,24+,25+/m0/s1. The van der Waals surface area contributed by atoms with Crippen LogP contribution in [0.2, 0.25) is 5.02 Å². The minimum atomic E-state index is -1.86. The molecule has 2 aromatic rings. The van der Waals surface area contributed by atoms with Gasteiger partial charge in [0.15, 0.2) is 12.2 Å². The van der Waals surface area contributed by atoms with E-state index in [1.54, 1.807) is 19.2 Å². The Kier molecular flexibility index (Phi) is 8.85. The summed E-state index contributed by atoms with van der Waals surface area (Å²) in [5, 5.41) is 24.1. The lowest BCUT2D eigenvalue weighted by molar-refractivity contribution is -0.153. The summed E-state index contributed by atoms with van der Waals surface area (Å²) >= 11 is 6.10. The quantitative estimate of drug-likeness (QED) is 0.474. The summed E-state index contributed by atoms with van der Waals surface area (Å²) in [6, 6.07) is 15.2. The Hall–Kier alpha value is -2.65. The van der Waals surface area contributed by atoms with Gasteiger partial charge in [0.1, 0.15) is 0 Å². The number of hydrogen-bond donors (Lipinski definition) is 3. The lowest BCUT2D eigenvalue weighted by Crippen LogP contribution is -2.50. The fourth-order valence-electron chi connectivity index (χ4n) is 5.18. The lowest BCUT2D eigenvalue weighted by Gasteiger charge is -2.28. The van der Waals surface area contributed by atoms with Gasteiger partial charge in [0.2, 0.25) is 0 Å². The van der Waals surface area contributed by atoms with E-state index in [1.165, 1.54) is 4.90 Å². The predicted octanol–water partition coefficient (Wildman–Crippen LogP) is 2.66. The molecule has 1 unspecified atom stereocenters. The summed E-state index contributed by atoms with van der Waals surface area (Å²) in [5.41, 5.74) is 2.82. The fraction of sp³-hybridized carbons (Fsp3) is 0.481. The minimum absolute atomic E-state index is 0.174. The molecule has 2 aliphatic rings. The number of rotatable bonds is 9. The highest BCUT2D eigenvalue weighted by molar-refractivity contribution is 6.30. The van der Waals surface area contributed by atoms with Gasteiger partial charge in [-0.3, -0.25) is 9.59 Å². The average molecular weight is 516 g/mol. The van der Waals surface area contributed by atoms with E-state index in [-0.39, 0.29) is 12.6 Å². The maximum atomic E-state index is 13.0. The molecule has 4 rings (SSSR count). The zero-order valence-corrected chi connectivity index (χ0v) is 21.2. The topological polar surface area (TPSA) is 102 Å². The van der Waals surface area contributed by atoms with Crippen LogP contribution in [0.25, 0.3) is 0 Å². The molecular formula is C27H34ClN3O5. The molecule has 4 atom stereocenters. The number of benzene rings is 2. The van der Waals surface area contributed by atoms with E-state index in [0.717, 1.165) is 49.0 Å². The van der Waals surface area contributed by atoms with Crippen LogP contribution in [0.5, 0.6) is 0 Å². The van der Waals surface area contributed by atoms with Crippen molar-refractivity contribution in [3.05, 3.63) is 64.7 Å². The molecule has 2 heterocycles. The van der Waals surface area contributed by atoms with Crippen LogP contribution in [0.1, 0.15) is 42.9 Å². The molecular weight excluding hydrogens is 482 g/mol. The molecule has 2 aliphatic heterocycles. The summed E-state index contributed by atoms with van der Waals surface area (Å²) in [4.78, 5) is 29.3. The Morgan fingerprint density at radius 2 is 1.83 bits per heavy atom. The van der Waals surface area contributed by atoms with Crippen molar-refractivity contribution in [3.63, 3.8) is 0 Å². The molecule has 36 heavy (non-hydrogen) atoms. The number of carbonyl (C=O) groups excluding carboxylic acids is 2. The van der Waals surface area contributed by atoms with Crippen molar-refractivity contribution in [2.75, 3.05) is 31.7 Å². The number of aliphatic hydroxyl groups excluding tert-OH is 2. The molecule has 2 saturated heterocycles. The van der Waals surface area contributed by atoms with E-state index < -0.39 is 24.0 Å². The number of nitrogens with zero attached hydrogens (tertiary/aromatic N) is 2. The maximum Gasteiger partial charge on any atom is 0.255 e. The molecule has 0 radical (unpaired) electrons. The molecule has 0 aromatic heterocycles. The lowest BCUT2D eigenvalue weighted by atomic mass is 10.0. The number of halogens is 1. The summed E-state index contributed by atoms with van der Waals surface area (Å²) in [7, 11) is 1.71. The second-order valence-corrected chi connectivity index (χ2v) is 9.90. The van der Waals surface area contributed by atoms with Crippen molar-refractivity contribution < 1.29 is 24.5 Å². The third kappa shape index (κ3) is 6.00. The van der Waals surface area contributed by atoms with Crippen molar-refractivity contribution in [2.45, 2.75) is 56.5 Å². The summed E-state index contributed by atoms with van der Waals surface area (Å²) in [6.07, 6.45) is -0.000753. The Morgan fingerprint density at radius 3 is 2.56 bits per heavy atom. The van der Waals surface area contributed by atoms with Crippen LogP contribution >= 0.6 is 11.6 Å². The number of likely N-dealkylation sites (tertiary alicyclic amines) is 1. The first-order valence-corrected chi connectivity index (χ1v) is 12.8. The molecule has 194 valence electrons. The van der Waals surface area contributed by atoms with Crippen molar-refractivity contribution >= 4 is 29.1 Å². The van der Waals surface area contributed by atoms with Gasteiger partial charge in [0.25, 0.3) is 11.8 Å². The van der Waals surface area contributed by atoms with Gasteiger partial charge >= 0.3 is 0 Å². The van der Waals surface area contributed by atoms with Gasteiger partial charge in [-0.2, -0.15) is 0 Å². The Morgan fingerprint density at radius 1 is 1.08 bits per heavy atom. The zero-order valence-electron chi connectivity index (χ0n) is 20.5. The van der Waals surface area contributed by atoms with Gasteiger partial charge in [-0.15, -0.1) is 0 Å². The highest BCUT2D eigenvalue weighted by Crippen LogP contribution is 2.33.